The highest BCUT2D eigenvalue weighted by Crippen LogP contribution is 2.24. The van der Waals surface area contributed by atoms with Crippen molar-refractivity contribution in [3.8, 4) is 5.75 Å². The molecule has 5 nitrogen and oxygen atoms in total. The van der Waals surface area contributed by atoms with Crippen LogP contribution in [0.2, 0.25) is 0 Å². The van der Waals surface area contributed by atoms with Crippen LogP contribution in [0.5, 0.6) is 5.75 Å². The number of nitrogens with one attached hydrogen (secondary N) is 1. The number of ether oxygens (including phenoxy) is 1. The molecule has 0 aliphatic carbocycles. The fourth-order valence-electron chi connectivity index (χ4n) is 2.00. The first kappa shape index (κ1) is 17.0. The highest BCUT2D eigenvalue weighted by Gasteiger charge is 2.04. The maximum Gasteiger partial charge on any atom is 0.220 e. The van der Waals surface area contributed by atoms with Gasteiger partial charge in [-0.3, -0.25) is 9.00 Å². The van der Waals surface area contributed by atoms with Gasteiger partial charge in [0.1, 0.15) is 5.75 Å². The van der Waals surface area contributed by atoms with Gasteiger partial charge in [0.05, 0.1) is 18.7 Å². The lowest BCUT2D eigenvalue weighted by molar-refractivity contribution is -0.118. The predicted octanol–water partition coefficient (Wildman–Crippen LogP) is 2.29. The van der Waals surface area contributed by atoms with Crippen molar-refractivity contribution < 1.29 is 13.7 Å². The minimum Gasteiger partial charge on any atom is -0.491 e. The summed E-state index contributed by atoms with van der Waals surface area (Å²) < 4.78 is 17.0. The van der Waals surface area contributed by atoms with E-state index < -0.39 is 10.8 Å². The number of rotatable bonds is 8. The molecular formula is C17H20N2O3S. The van der Waals surface area contributed by atoms with Crippen LogP contribution in [0.3, 0.4) is 0 Å². The van der Waals surface area contributed by atoms with E-state index >= 15 is 0 Å². The van der Waals surface area contributed by atoms with Crippen molar-refractivity contribution >= 4 is 22.4 Å². The van der Waals surface area contributed by atoms with E-state index in [4.69, 9.17) is 10.5 Å². The Hall–Kier alpha value is -2.34. The van der Waals surface area contributed by atoms with Gasteiger partial charge in [0.2, 0.25) is 5.91 Å². The molecule has 0 aliphatic rings. The first-order valence-electron chi connectivity index (χ1n) is 7.22. The van der Waals surface area contributed by atoms with Crippen molar-refractivity contribution in [1.82, 2.24) is 0 Å². The average molecular weight is 332 g/mol. The quantitative estimate of drug-likeness (QED) is 0.777. The second-order valence-corrected chi connectivity index (χ2v) is 6.39. The number of amides is 1. The average Bonchev–Trinajstić information content (AvgIpc) is 2.54. The number of carbonyl (C=O) groups is 1. The van der Waals surface area contributed by atoms with Gasteiger partial charge in [0, 0.05) is 28.5 Å². The Labute approximate surface area is 138 Å². The summed E-state index contributed by atoms with van der Waals surface area (Å²) in [7, 11) is -0.967. The third-order valence-electron chi connectivity index (χ3n) is 3.23. The molecule has 0 bridgehead atoms. The molecule has 2 aromatic carbocycles. The monoisotopic (exact) mass is 332 g/mol. The normalized spacial score (nSPS) is 11.7. The summed E-state index contributed by atoms with van der Waals surface area (Å²) in [5, 5.41) is 3.30. The molecule has 23 heavy (non-hydrogen) atoms. The van der Waals surface area contributed by atoms with E-state index in [9.17, 15) is 9.00 Å². The zero-order valence-corrected chi connectivity index (χ0v) is 13.8. The van der Waals surface area contributed by atoms with Gasteiger partial charge in [-0.25, -0.2) is 0 Å². The molecule has 1 atom stereocenters. The van der Waals surface area contributed by atoms with E-state index in [1.165, 1.54) is 0 Å². The molecule has 1 unspecified atom stereocenters. The van der Waals surface area contributed by atoms with Gasteiger partial charge >= 0.3 is 0 Å². The largest absolute Gasteiger partial charge is 0.491 e. The van der Waals surface area contributed by atoms with Gasteiger partial charge in [-0.1, -0.05) is 24.3 Å². The number of hydrogen-bond donors (Lipinski definition) is 2. The summed E-state index contributed by atoms with van der Waals surface area (Å²) in [5.41, 5.74) is 7.03. The summed E-state index contributed by atoms with van der Waals surface area (Å²) in [6, 6.07) is 15.1. The van der Waals surface area contributed by atoms with Crippen LogP contribution in [0, 0.1) is 0 Å². The molecule has 0 heterocycles. The maximum atomic E-state index is 11.4. The van der Waals surface area contributed by atoms with Crippen LogP contribution in [0.15, 0.2) is 53.4 Å². The fraction of sp³-hybridized carbons (Fsp3) is 0.235. The van der Waals surface area contributed by atoms with E-state index in [0.29, 0.717) is 12.3 Å². The summed E-state index contributed by atoms with van der Waals surface area (Å²) in [5.74, 6) is 0.295. The Morgan fingerprint density at radius 1 is 1.17 bits per heavy atom. The van der Waals surface area contributed by atoms with E-state index in [1.807, 2.05) is 48.5 Å². The lowest BCUT2D eigenvalue weighted by Gasteiger charge is -2.13. The van der Waals surface area contributed by atoms with Gasteiger partial charge in [0.25, 0.3) is 0 Å². The highest BCUT2D eigenvalue weighted by atomic mass is 32.2. The molecule has 6 heteroatoms. The van der Waals surface area contributed by atoms with Gasteiger partial charge in [-0.2, -0.15) is 0 Å². The number of primary amides is 1. The SMILES string of the molecule is CS(=O)c1ccc(CNc2ccccc2OCCC(N)=O)cc1. The Bertz CT molecular complexity index is 686. The van der Waals surface area contributed by atoms with Gasteiger partial charge < -0.3 is 15.8 Å². The topological polar surface area (TPSA) is 81.4 Å². The number of hydrogen-bond acceptors (Lipinski definition) is 4. The smallest absolute Gasteiger partial charge is 0.220 e. The Morgan fingerprint density at radius 3 is 2.52 bits per heavy atom. The van der Waals surface area contributed by atoms with Crippen LogP contribution in [0.1, 0.15) is 12.0 Å². The molecular weight excluding hydrogens is 312 g/mol. The van der Waals surface area contributed by atoms with Crippen LogP contribution in [-0.2, 0) is 22.1 Å². The molecule has 0 aliphatic heterocycles. The zero-order valence-electron chi connectivity index (χ0n) is 13.0. The van der Waals surface area contributed by atoms with Crippen molar-refractivity contribution in [3.05, 3.63) is 54.1 Å². The zero-order chi connectivity index (χ0) is 16.7. The van der Waals surface area contributed by atoms with Crippen LogP contribution in [-0.4, -0.2) is 23.0 Å². The number of nitrogens with two attached hydrogens (primary N) is 1. The van der Waals surface area contributed by atoms with Gasteiger partial charge in [0.15, 0.2) is 0 Å². The van der Waals surface area contributed by atoms with Crippen molar-refractivity contribution in [2.45, 2.75) is 17.9 Å². The molecule has 1 amide bonds. The Kier molecular flexibility index (Phi) is 6.17. The van der Waals surface area contributed by atoms with Crippen LogP contribution >= 0.6 is 0 Å². The predicted molar refractivity (Wildman–Crippen MR) is 91.8 cm³/mol. The summed E-state index contributed by atoms with van der Waals surface area (Å²) in [4.78, 5) is 11.6. The minimum absolute atomic E-state index is 0.184. The number of para-hydroxylation sites is 2. The van der Waals surface area contributed by atoms with Crippen molar-refractivity contribution in [3.63, 3.8) is 0 Å². The molecule has 2 rings (SSSR count). The van der Waals surface area contributed by atoms with E-state index in [-0.39, 0.29) is 18.9 Å². The Balaban J connectivity index is 1.97. The van der Waals surface area contributed by atoms with E-state index in [1.54, 1.807) is 6.26 Å². The summed E-state index contributed by atoms with van der Waals surface area (Å²) in [6.07, 6.45) is 1.84. The first-order valence-corrected chi connectivity index (χ1v) is 8.78. The molecule has 2 aromatic rings. The van der Waals surface area contributed by atoms with Crippen molar-refractivity contribution in [2.24, 2.45) is 5.73 Å². The van der Waals surface area contributed by atoms with E-state index in [0.717, 1.165) is 16.1 Å². The molecule has 0 radical (unpaired) electrons. The third kappa shape index (κ3) is 5.41. The van der Waals surface area contributed by atoms with Crippen molar-refractivity contribution in [1.29, 1.82) is 0 Å². The summed E-state index contributed by atoms with van der Waals surface area (Å²) in [6.45, 7) is 0.873. The number of carbonyl (C=O) groups excluding carboxylic acids is 1. The first-order chi connectivity index (χ1) is 11.1. The molecule has 0 aromatic heterocycles. The lowest BCUT2D eigenvalue weighted by atomic mass is 10.2. The standard InChI is InChI=1S/C17H20N2O3S/c1-23(21)14-8-6-13(7-9-14)12-19-15-4-2-3-5-16(15)22-11-10-17(18)20/h2-9,19H,10-12H2,1H3,(H2,18,20). The molecule has 122 valence electrons. The van der Waals surface area contributed by atoms with Crippen LogP contribution < -0.4 is 15.8 Å². The molecule has 0 fully saturated rings. The molecule has 0 spiro atoms. The van der Waals surface area contributed by atoms with Crippen LogP contribution in [0.25, 0.3) is 0 Å². The molecule has 3 N–H and O–H groups in total. The highest BCUT2D eigenvalue weighted by molar-refractivity contribution is 7.84. The minimum atomic E-state index is -0.967. The van der Waals surface area contributed by atoms with E-state index in [2.05, 4.69) is 5.32 Å². The number of anilines is 1. The van der Waals surface area contributed by atoms with Gasteiger partial charge in [-0.15, -0.1) is 0 Å². The van der Waals surface area contributed by atoms with Gasteiger partial charge in [-0.05, 0) is 29.8 Å². The second-order valence-electron chi connectivity index (χ2n) is 5.01. The third-order valence-corrected chi connectivity index (χ3v) is 4.17. The fourth-order valence-corrected chi connectivity index (χ4v) is 2.52. The number of benzene rings is 2. The molecule has 0 saturated heterocycles. The Morgan fingerprint density at radius 2 is 1.87 bits per heavy atom. The molecule has 0 saturated carbocycles. The van der Waals surface area contributed by atoms with Crippen molar-refractivity contribution in [2.75, 3.05) is 18.2 Å². The maximum absolute atomic E-state index is 11.4. The lowest BCUT2D eigenvalue weighted by Crippen LogP contribution is -2.15. The summed E-state index contributed by atoms with van der Waals surface area (Å²) >= 11 is 0. The van der Waals surface area contributed by atoms with Crippen LogP contribution in [0.4, 0.5) is 5.69 Å². The second kappa shape index (κ2) is 8.33.